The summed E-state index contributed by atoms with van der Waals surface area (Å²) in [6.07, 6.45) is 23.4. The van der Waals surface area contributed by atoms with E-state index in [0.717, 1.165) is 50.7 Å². The molecule has 0 bridgehead atoms. The average Bonchev–Trinajstić information content (AvgIpc) is 2.94. The van der Waals surface area contributed by atoms with Crippen LogP contribution >= 0.6 is 0 Å². The van der Waals surface area contributed by atoms with Gasteiger partial charge in [0.25, 0.3) is 0 Å². The first-order valence-electron chi connectivity index (χ1n) is 16.1. The van der Waals surface area contributed by atoms with E-state index in [1.807, 2.05) is 0 Å². The van der Waals surface area contributed by atoms with E-state index >= 15 is 0 Å². The summed E-state index contributed by atoms with van der Waals surface area (Å²) in [5.74, 6) is 4.27. The zero-order valence-corrected chi connectivity index (χ0v) is 25.3. The van der Waals surface area contributed by atoms with Crippen molar-refractivity contribution in [2.45, 2.75) is 109 Å². The number of rotatable bonds is 8. The first kappa shape index (κ1) is 30.6. The number of allylic oxidation sites excluding steroid dienone is 3. The van der Waals surface area contributed by atoms with E-state index in [-0.39, 0.29) is 0 Å². The van der Waals surface area contributed by atoms with Gasteiger partial charge in [0.05, 0.1) is 18.9 Å². The van der Waals surface area contributed by atoms with Crippen molar-refractivity contribution in [3.05, 3.63) is 50.2 Å². The van der Waals surface area contributed by atoms with Crippen LogP contribution in [0.3, 0.4) is 0 Å². The van der Waals surface area contributed by atoms with Crippen LogP contribution in [0.4, 0.5) is 0 Å². The second-order valence-electron chi connectivity index (χ2n) is 13.6. The Hall–Kier alpha value is -1.36. The summed E-state index contributed by atoms with van der Waals surface area (Å²) in [7, 11) is 0. The maximum absolute atomic E-state index is 6.65. The van der Waals surface area contributed by atoms with Gasteiger partial charge in [0.1, 0.15) is 6.73 Å². The van der Waals surface area contributed by atoms with Crippen LogP contribution in [-0.2, 0) is 9.47 Å². The average molecular weight is 539 g/mol. The third-order valence-corrected chi connectivity index (χ3v) is 10.3. The lowest BCUT2D eigenvalue weighted by molar-refractivity contribution is -0.163. The maximum atomic E-state index is 6.65. The normalized spacial score (nSPS) is 37.4. The highest BCUT2D eigenvalue weighted by Gasteiger charge is 2.45. The van der Waals surface area contributed by atoms with Crippen molar-refractivity contribution in [1.29, 1.82) is 0 Å². The minimum Gasteiger partial charge on any atom is -0.362 e. The van der Waals surface area contributed by atoms with Gasteiger partial charge in [0.2, 0.25) is 0 Å². The molecule has 0 N–H and O–H groups in total. The fraction of sp³-hybridized carbons (Fsp3) is 0.771. The molecule has 3 saturated carbocycles. The first-order valence-corrected chi connectivity index (χ1v) is 16.1. The summed E-state index contributed by atoms with van der Waals surface area (Å²) >= 11 is 0. The Bertz CT molecular complexity index is 800. The monoisotopic (exact) mass is 538 g/mol. The van der Waals surface area contributed by atoms with Crippen molar-refractivity contribution in [3.63, 3.8) is 0 Å². The molecule has 5 aliphatic rings. The fourth-order valence-corrected chi connectivity index (χ4v) is 9.08. The molecule has 0 radical (unpaired) electrons. The highest BCUT2D eigenvalue weighted by molar-refractivity contribution is 5.00. The second kappa shape index (κ2) is 15.0. The van der Waals surface area contributed by atoms with E-state index in [2.05, 4.69) is 68.3 Å². The van der Waals surface area contributed by atoms with Gasteiger partial charge in [-0.15, -0.1) is 26.3 Å². The second-order valence-corrected chi connectivity index (χ2v) is 13.6. The van der Waals surface area contributed by atoms with E-state index in [9.17, 15) is 0 Å². The Morgan fingerprint density at radius 1 is 0.769 bits per heavy atom. The van der Waals surface area contributed by atoms with Crippen molar-refractivity contribution >= 4 is 0 Å². The maximum Gasteiger partial charge on any atom is 0.118 e. The van der Waals surface area contributed by atoms with Crippen LogP contribution in [0.25, 0.3) is 0 Å². The van der Waals surface area contributed by atoms with E-state index < -0.39 is 0 Å². The van der Waals surface area contributed by atoms with Crippen molar-refractivity contribution < 1.29 is 9.47 Å². The van der Waals surface area contributed by atoms with Crippen LogP contribution < -0.4 is 0 Å². The van der Waals surface area contributed by atoms with E-state index in [0.29, 0.717) is 35.9 Å². The van der Waals surface area contributed by atoms with Gasteiger partial charge in [0.15, 0.2) is 0 Å². The highest BCUT2D eigenvalue weighted by Crippen LogP contribution is 2.47. The van der Waals surface area contributed by atoms with Gasteiger partial charge < -0.3 is 14.4 Å². The molecule has 220 valence electrons. The molecule has 2 saturated heterocycles. The first-order chi connectivity index (χ1) is 19.0. The summed E-state index contributed by atoms with van der Waals surface area (Å²) in [6.45, 7) is 22.6. The van der Waals surface area contributed by atoms with Gasteiger partial charge in [-0.3, -0.25) is 4.90 Å². The summed E-state index contributed by atoms with van der Waals surface area (Å²) < 4.78 is 13.1. The number of ether oxygens (including phenoxy) is 2. The van der Waals surface area contributed by atoms with E-state index in [4.69, 9.17) is 9.47 Å². The van der Waals surface area contributed by atoms with Crippen LogP contribution in [0.15, 0.2) is 50.2 Å². The lowest BCUT2D eigenvalue weighted by atomic mass is 9.64. The number of hydrogen-bond donors (Lipinski definition) is 0. The molecule has 0 aromatic rings. The van der Waals surface area contributed by atoms with Crippen molar-refractivity contribution in [3.8, 4) is 0 Å². The summed E-state index contributed by atoms with van der Waals surface area (Å²) in [4.78, 5) is 5.13. The topological polar surface area (TPSA) is 24.9 Å². The lowest BCUT2D eigenvalue weighted by Gasteiger charge is -2.51. The molecule has 5 rings (SSSR count). The highest BCUT2D eigenvalue weighted by atomic mass is 16.5. The third kappa shape index (κ3) is 7.89. The molecule has 0 amide bonds. The van der Waals surface area contributed by atoms with Gasteiger partial charge in [-0.25, -0.2) is 0 Å². The molecule has 0 aromatic heterocycles. The SMILES string of the molecule is C=C.C=CCC1CC(CC2CC(CC=C)C3OCN(C4CCCCC4)CC3C2)CC2CN(C=C(C)C)COC12. The Morgan fingerprint density at radius 2 is 1.33 bits per heavy atom. The summed E-state index contributed by atoms with van der Waals surface area (Å²) in [6, 6.07) is 0.762. The van der Waals surface area contributed by atoms with Gasteiger partial charge in [-0.05, 0) is 107 Å². The fourth-order valence-electron chi connectivity index (χ4n) is 9.08. The smallest absolute Gasteiger partial charge is 0.118 e. The molecular weight excluding hydrogens is 480 g/mol. The Labute approximate surface area is 240 Å². The molecule has 3 aliphatic carbocycles. The molecule has 2 heterocycles. The van der Waals surface area contributed by atoms with E-state index in [1.165, 1.54) is 76.3 Å². The predicted molar refractivity (Wildman–Crippen MR) is 164 cm³/mol. The minimum atomic E-state index is 0.413. The minimum absolute atomic E-state index is 0.413. The Balaban J connectivity index is 0.00000172. The molecule has 39 heavy (non-hydrogen) atoms. The molecular formula is C35H58N2O2. The van der Waals surface area contributed by atoms with Crippen molar-refractivity contribution in [2.24, 2.45) is 35.5 Å². The molecule has 8 atom stereocenters. The molecule has 4 heteroatoms. The van der Waals surface area contributed by atoms with E-state index in [1.54, 1.807) is 0 Å². The predicted octanol–water partition coefficient (Wildman–Crippen LogP) is 8.19. The van der Waals surface area contributed by atoms with Gasteiger partial charge in [-0.1, -0.05) is 37.0 Å². The summed E-state index contributed by atoms with van der Waals surface area (Å²) in [5.41, 5.74) is 1.36. The van der Waals surface area contributed by atoms with Gasteiger partial charge >= 0.3 is 0 Å². The molecule has 5 fully saturated rings. The molecule has 4 nitrogen and oxygen atoms in total. The van der Waals surface area contributed by atoms with Crippen LogP contribution in [0.5, 0.6) is 0 Å². The molecule has 0 spiro atoms. The van der Waals surface area contributed by atoms with Gasteiger partial charge in [0, 0.05) is 25.0 Å². The Morgan fingerprint density at radius 3 is 1.90 bits per heavy atom. The third-order valence-electron chi connectivity index (χ3n) is 10.3. The van der Waals surface area contributed by atoms with Crippen LogP contribution in [0.2, 0.25) is 0 Å². The van der Waals surface area contributed by atoms with Gasteiger partial charge in [-0.2, -0.15) is 0 Å². The molecule has 2 aliphatic heterocycles. The lowest BCUT2D eigenvalue weighted by Crippen LogP contribution is -2.54. The largest absolute Gasteiger partial charge is 0.362 e. The number of fused-ring (bicyclic) bond motifs is 2. The zero-order valence-electron chi connectivity index (χ0n) is 25.3. The number of hydrogen-bond acceptors (Lipinski definition) is 4. The Kier molecular flexibility index (Phi) is 11.8. The number of nitrogens with zero attached hydrogens (tertiary/aromatic N) is 2. The summed E-state index contributed by atoms with van der Waals surface area (Å²) in [5, 5.41) is 0. The quantitative estimate of drug-likeness (QED) is 0.291. The molecule has 8 unspecified atom stereocenters. The molecule has 0 aromatic carbocycles. The van der Waals surface area contributed by atoms with Crippen LogP contribution in [0, 0.1) is 35.5 Å². The van der Waals surface area contributed by atoms with Crippen molar-refractivity contribution in [2.75, 3.05) is 26.6 Å². The van der Waals surface area contributed by atoms with Crippen LogP contribution in [0.1, 0.15) is 90.9 Å². The zero-order chi connectivity index (χ0) is 27.8. The van der Waals surface area contributed by atoms with Crippen LogP contribution in [-0.4, -0.2) is 54.6 Å². The van der Waals surface area contributed by atoms with Crippen molar-refractivity contribution in [1.82, 2.24) is 9.80 Å². The standard InChI is InChI=1S/C33H54N2O2.C2H4/c1-5-10-27-15-25(17-29-20-34(19-24(3)4)22-36-32(27)29)14-26-16-28(11-6-2)33-30(18-26)21-35(23-37-33)31-12-8-7-9-13-31;1-2/h5-6,19,25-33H,1-2,7-18,20-23H2,3-4H3;1-2H2.